The zero-order chi connectivity index (χ0) is 30.2. The molecule has 0 aliphatic carbocycles. The predicted octanol–water partition coefficient (Wildman–Crippen LogP) is 5.65. The van der Waals surface area contributed by atoms with Crippen molar-refractivity contribution in [3.05, 3.63) is 103 Å². The number of hydrogen-bond donors (Lipinski definition) is 1. The number of benzene rings is 3. The number of rotatable bonds is 8. The number of halogens is 2. The van der Waals surface area contributed by atoms with E-state index in [4.69, 9.17) is 32.7 Å². The quantitative estimate of drug-likeness (QED) is 0.170. The van der Waals surface area contributed by atoms with Crippen LogP contribution in [-0.4, -0.2) is 37.0 Å². The van der Waals surface area contributed by atoms with E-state index in [1.54, 1.807) is 47.2 Å². The maximum absolute atomic E-state index is 13.3. The van der Waals surface area contributed by atoms with Gasteiger partial charge in [0.2, 0.25) is 5.13 Å². The molecule has 0 radical (unpaired) electrons. The molecule has 11 nitrogen and oxygen atoms in total. The molecular formula is C29H23Cl2N7O4S. The highest BCUT2D eigenvalue weighted by molar-refractivity contribution is 7.22. The Kier molecular flexibility index (Phi) is 7.65. The van der Waals surface area contributed by atoms with Crippen molar-refractivity contribution in [2.45, 2.75) is 6.54 Å². The van der Waals surface area contributed by atoms with Gasteiger partial charge in [-0.05, 0) is 53.6 Å². The summed E-state index contributed by atoms with van der Waals surface area (Å²) < 4.78 is 16.8. The molecule has 3 aromatic heterocycles. The standard InChI is InChI=1S/C29H23Cl2N7O4S/c1-36-25-24(26(39)37(2)29(36)40)38(15-17-9-10-18(30)13-19(17)31)28(34-25)42-21-11-8-16(12-22(21)41-3)14-32-35-27-33-20-6-4-5-7-23(20)43-27/h4-14H,15H2,1-3H3,(H,33,35)/b32-14-. The van der Waals surface area contributed by atoms with Crippen molar-refractivity contribution < 1.29 is 9.47 Å². The molecular weight excluding hydrogens is 613 g/mol. The third-order valence-corrected chi connectivity index (χ3v) is 8.24. The maximum Gasteiger partial charge on any atom is 0.332 e. The van der Waals surface area contributed by atoms with Crippen LogP contribution in [0.15, 0.2) is 75.4 Å². The summed E-state index contributed by atoms with van der Waals surface area (Å²) in [5.74, 6) is 0.730. The fourth-order valence-electron chi connectivity index (χ4n) is 4.50. The molecule has 6 rings (SSSR count). The number of para-hydroxylation sites is 1. The Hall–Kier alpha value is -4.65. The topological polar surface area (TPSA) is 118 Å². The van der Waals surface area contributed by atoms with Crippen LogP contribution < -0.4 is 26.1 Å². The van der Waals surface area contributed by atoms with Gasteiger partial charge in [-0.25, -0.2) is 9.78 Å². The largest absolute Gasteiger partial charge is 0.493 e. The Labute approximate surface area is 258 Å². The van der Waals surface area contributed by atoms with E-state index in [1.807, 2.05) is 24.3 Å². The van der Waals surface area contributed by atoms with Crippen LogP contribution in [0.1, 0.15) is 11.1 Å². The van der Waals surface area contributed by atoms with Gasteiger partial charge in [0, 0.05) is 24.1 Å². The van der Waals surface area contributed by atoms with Gasteiger partial charge in [-0.2, -0.15) is 10.1 Å². The molecule has 218 valence electrons. The lowest BCUT2D eigenvalue weighted by Gasteiger charge is -2.13. The zero-order valence-corrected chi connectivity index (χ0v) is 25.4. The van der Waals surface area contributed by atoms with Crippen LogP contribution in [0.25, 0.3) is 21.4 Å². The Balaban J connectivity index is 1.34. The number of ether oxygens (including phenoxy) is 2. The Morgan fingerprint density at radius 2 is 1.81 bits per heavy atom. The second kappa shape index (κ2) is 11.6. The van der Waals surface area contributed by atoms with Gasteiger partial charge >= 0.3 is 11.7 Å². The summed E-state index contributed by atoms with van der Waals surface area (Å²) in [7, 11) is 4.46. The molecule has 3 heterocycles. The SMILES string of the molecule is COc1cc(/C=N\Nc2nc3ccccc3s2)ccc1Oc1nc2c(c(=O)n(C)c(=O)n2C)n1Cc1ccc(Cl)cc1Cl. The van der Waals surface area contributed by atoms with E-state index in [1.165, 1.54) is 37.1 Å². The normalized spacial score (nSPS) is 11.6. The molecule has 1 N–H and O–H groups in total. The summed E-state index contributed by atoms with van der Waals surface area (Å²) in [5, 5.41) is 5.86. The highest BCUT2D eigenvalue weighted by Gasteiger charge is 2.22. The molecule has 0 bridgehead atoms. The lowest BCUT2D eigenvalue weighted by Crippen LogP contribution is -2.37. The average Bonchev–Trinajstić information content (AvgIpc) is 3.58. The van der Waals surface area contributed by atoms with Crippen LogP contribution in [0.3, 0.4) is 0 Å². The molecule has 0 aliphatic rings. The third kappa shape index (κ3) is 5.47. The molecule has 0 saturated heterocycles. The summed E-state index contributed by atoms with van der Waals surface area (Å²) in [6.45, 7) is 0.125. The second-order valence-electron chi connectivity index (χ2n) is 9.46. The van der Waals surface area contributed by atoms with Crippen LogP contribution in [0.5, 0.6) is 17.5 Å². The minimum atomic E-state index is -0.523. The van der Waals surface area contributed by atoms with E-state index < -0.39 is 11.2 Å². The summed E-state index contributed by atoms with van der Waals surface area (Å²) in [4.78, 5) is 35.0. The molecule has 14 heteroatoms. The molecule has 0 unspecified atom stereocenters. The van der Waals surface area contributed by atoms with Gasteiger partial charge in [0.25, 0.3) is 5.56 Å². The fraction of sp³-hybridized carbons (Fsp3) is 0.138. The van der Waals surface area contributed by atoms with Gasteiger partial charge in [0.1, 0.15) is 0 Å². The van der Waals surface area contributed by atoms with E-state index in [0.717, 1.165) is 20.3 Å². The Bertz CT molecular complexity index is 2130. The number of hydrazone groups is 1. The fourth-order valence-corrected chi connectivity index (χ4v) is 5.78. The number of aromatic nitrogens is 5. The van der Waals surface area contributed by atoms with E-state index >= 15 is 0 Å². The number of nitrogens with zero attached hydrogens (tertiary/aromatic N) is 6. The Morgan fingerprint density at radius 3 is 2.58 bits per heavy atom. The van der Waals surface area contributed by atoms with Crippen molar-refractivity contribution in [3.63, 3.8) is 0 Å². The highest BCUT2D eigenvalue weighted by atomic mass is 35.5. The van der Waals surface area contributed by atoms with Crippen LogP contribution in [0.4, 0.5) is 5.13 Å². The summed E-state index contributed by atoms with van der Waals surface area (Å²) in [5.41, 5.74) is 4.56. The van der Waals surface area contributed by atoms with Crippen molar-refractivity contribution in [2.75, 3.05) is 12.5 Å². The number of thiazole rings is 1. The van der Waals surface area contributed by atoms with Crippen molar-refractivity contribution in [2.24, 2.45) is 19.2 Å². The van der Waals surface area contributed by atoms with Crippen LogP contribution >= 0.6 is 34.5 Å². The first kappa shape index (κ1) is 28.5. The number of imidazole rings is 1. The number of nitrogens with one attached hydrogen (secondary N) is 1. The summed E-state index contributed by atoms with van der Waals surface area (Å²) in [6, 6.07) is 18.2. The minimum Gasteiger partial charge on any atom is -0.493 e. The minimum absolute atomic E-state index is 0.0662. The van der Waals surface area contributed by atoms with Crippen molar-refractivity contribution in [1.82, 2.24) is 23.7 Å². The van der Waals surface area contributed by atoms with E-state index in [2.05, 4.69) is 20.5 Å². The molecule has 0 saturated carbocycles. The van der Waals surface area contributed by atoms with Crippen molar-refractivity contribution in [3.8, 4) is 17.5 Å². The molecule has 0 spiro atoms. The molecule has 3 aromatic carbocycles. The number of anilines is 1. The lowest BCUT2D eigenvalue weighted by molar-refractivity contribution is 0.361. The molecule has 43 heavy (non-hydrogen) atoms. The first-order valence-corrected chi connectivity index (χ1v) is 14.4. The van der Waals surface area contributed by atoms with Crippen molar-refractivity contribution >= 4 is 67.3 Å². The number of hydrogen-bond acceptors (Lipinski definition) is 9. The van der Waals surface area contributed by atoms with Gasteiger partial charge in [0.05, 0.1) is 30.1 Å². The number of methoxy groups -OCH3 is 1. The van der Waals surface area contributed by atoms with Gasteiger partial charge < -0.3 is 9.47 Å². The van der Waals surface area contributed by atoms with E-state index in [9.17, 15) is 9.59 Å². The molecule has 0 amide bonds. The van der Waals surface area contributed by atoms with Gasteiger partial charge in [-0.1, -0.05) is 52.7 Å². The number of fused-ring (bicyclic) bond motifs is 2. The molecule has 0 aliphatic heterocycles. The predicted molar refractivity (Wildman–Crippen MR) is 170 cm³/mol. The smallest absolute Gasteiger partial charge is 0.332 e. The monoisotopic (exact) mass is 635 g/mol. The van der Waals surface area contributed by atoms with Gasteiger partial charge in [-0.3, -0.25) is 23.9 Å². The number of aryl methyl sites for hydroxylation is 1. The zero-order valence-electron chi connectivity index (χ0n) is 23.0. The van der Waals surface area contributed by atoms with Gasteiger partial charge in [0.15, 0.2) is 22.7 Å². The van der Waals surface area contributed by atoms with Crippen LogP contribution in [0, 0.1) is 0 Å². The first-order chi connectivity index (χ1) is 20.7. The first-order valence-electron chi connectivity index (χ1n) is 12.8. The van der Waals surface area contributed by atoms with Crippen LogP contribution in [-0.2, 0) is 20.6 Å². The highest BCUT2D eigenvalue weighted by Crippen LogP contribution is 2.34. The Morgan fingerprint density at radius 1 is 1.00 bits per heavy atom. The summed E-state index contributed by atoms with van der Waals surface area (Å²) in [6.07, 6.45) is 1.63. The van der Waals surface area contributed by atoms with Gasteiger partial charge in [-0.15, -0.1) is 0 Å². The molecule has 0 atom stereocenters. The van der Waals surface area contributed by atoms with E-state index in [-0.39, 0.29) is 23.7 Å². The average molecular weight is 637 g/mol. The van der Waals surface area contributed by atoms with Crippen LogP contribution in [0.2, 0.25) is 10.0 Å². The lowest BCUT2D eigenvalue weighted by atomic mass is 10.2. The second-order valence-corrected chi connectivity index (χ2v) is 11.3. The van der Waals surface area contributed by atoms with Crippen molar-refractivity contribution in [1.29, 1.82) is 0 Å². The summed E-state index contributed by atoms with van der Waals surface area (Å²) >= 11 is 14.1. The molecule has 0 fully saturated rings. The molecule has 6 aromatic rings. The third-order valence-electron chi connectivity index (χ3n) is 6.71. The maximum atomic E-state index is 13.3. The van der Waals surface area contributed by atoms with E-state index in [0.29, 0.717) is 32.2 Å².